The zero-order chi connectivity index (χ0) is 10.8. The number of carboxylic acid groups (broad SMARTS) is 1. The van der Waals surface area contributed by atoms with Crippen molar-refractivity contribution in [2.45, 2.75) is 65.2 Å². The summed E-state index contributed by atoms with van der Waals surface area (Å²) in [5.74, 6) is 0.156. The first-order valence-corrected chi connectivity index (χ1v) is 5.88. The van der Waals surface area contributed by atoms with Crippen molar-refractivity contribution in [1.82, 2.24) is 0 Å². The predicted molar refractivity (Wildman–Crippen MR) is 59.4 cm³/mol. The maximum Gasteiger partial charge on any atom is 0.303 e. The lowest BCUT2D eigenvalue weighted by Gasteiger charge is -2.09. The van der Waals surface area contributed by atoms with Crippen molar-refractivity contribution >= 4 is 5.97 Å². The summed E-state index contributed by atoms with van der Waals surface area (Å²) in [5, 5.41) is 8.44. The normalized spacial score (nSPS) is 12.7. The van der Waals surface area contributed by atoms with Crippen LogP contribution >= 0.6 is 0 Å². The predicted octanol–water partition coefficient (Wildman–Crippen LogP) is 3.85. The van der Waals surface area contributed by atoms with E-state index in [1.54, 1.807) is 0 Å². The summed E-state index contributed by atoms with van der Waals surface area (Å²) in [7, 11) is 0. The quantitative estimate of drug-likeness (QED) is 0.574. The van der Waals surface area contributed by atoms with Gasteiger partial charge in [0, 0.05) is 6.42 Å². The average Bonchev–Trinajstić information content (AvgIpc) is 2.13. The van der Waals surface area contributed by atoms with Gasteiger partial charge < -0.3 is 5.11 Å². The molecule has 2 nitrogen and oxygen atoms in total. The van der Waals surface area contributed by atoms with E-state index in [0.717, 1.165) is 18.8 Å². The van der Waals surface area contributed by atoms with Gasteiger partial charge in [-0.3, -0.25) is 4.79 Å². The van der Waals surface area contributed by atoms with Gasteiger partial charge in [0.2, 0.25) is 0 Å². The first-order chi connectivity index (χ1) is 6.66. The van der Waals surface area contributed by atoms with Crippen molar-refractivity contribution in [2.24, 2.45) is 5.92 Å². The Kier molecular flexibility index (Phi) is 8.70. The smallest absolute Gasteiger partial charge is 0.303 e. The lowest BCUT2D eigenvalue weighted by atomic mass is 9.97. The molecule has 0 bridgehead atoms. The minimum atomic E-state index is -0.663. The maximum atomic E-state index is 10.2. The van der Waals surface area contributed by atoms with Crippen LogP contribution in [-0.2, 0) is 4.79 Å². The Bertz CT molecular complexity index is 143. The summed E-state index contributed by atoms with van der Waals surface area (Å²) in [6.45, 7) is 4.52. The summed E-state index contributed by atoms with van der Waals surface area (Å²) in [6, 6.07) is 0. The van der Waals surface area contributed by atoms with Crippen LogP contribution in [0.5, 0.6) is 0 Å². The van der Waals surface area contributed by atoms with Crippen LogP contribution in [0.2, 0.25) is 0 Å². The van der Waals surface area contributed by atoms with Crippen molar-refractivity contribution in [3.8, 4) is 0 Å². The molecule has 1 atom stereocenters. The Balaban J connectivity index is 3.14. The SMILES string of the molecule is CCCCC(C)CCCCCC(=O)O. The fraction of sp³-hybridized carbons (Fsp3) is 0.917. The zero-order valence-corrected chi connectivity index (χ0v) is 9.59. The van der Waals surface area contributed by atoms with Crippen molar-refractivity contribution in [3.63, 3.8) is 0 Å². The van der Waals surface area contributed by atoms with E-state index in [-0.39, 0.29) is 0 Å². The summed E-state index contributed by atoms with van der Waals surface area (Å²) < 4.78 is 0. The molecule has 0 spiro atoms. The zero-order valence-electron chi connectivity index (χ0n) is 9.59. The van der Waals surface area contributed by atoms with Gasteiger partial charge in [-0.15, -0.1) is 0 Å². The highest BCUT2D eigenvalue weighted by molar-refractivity contribution is 5.66. The Morgan fingerprint density at radius 1 is 1.14 bits per heavy atom. The van der Waals surface area contributed by atoms with Gasteiger partial charge in [0.25, 0.3) is 0 Å². The number of hydrogen-bond acceptors (Lipinski definition) is 1. The van der Waals surface area contributed by atoms with Gasteiger partial charge >= 0.3 is 5.97 Å². The Morgan fingerprint density at radius 2 is 1.79 bits per heavy atom. The van der Waals surface area contributed by atoms with E-state index in [4.69, 9.17) is 5.11 Å². The molecule has 2 heteroatoms. The van der Waals surface area contributed by atoms with Crippen LogP contribution in [0.3, 0.4) is 0 Å². The molecule has 14 heavy (non-hydrogen) atoms. The van der Waals surface area contributed by atoms with Crippen LogP contribution in [0.15, 0.2) is 0 Å². The molecule has 0 aromatic rings. The number of carboxylic acids is 1. The second-order valence-corrected chi connectivity index (χ2v) is 4.24. The molecule has 0 rings (SSSR count). The van der Waals surface area contributed by atoms with Crippen molar-refractivity contribution in [2.75, 3.05) is 0 Å². The fourth-order valence-corrected chi connectivity index (χ4v) is 1.64. The lowest BCUT2D eigenvalue weighted by molar-refractivity contribution is -0.137. The topological polar surface area (TPSA) is 37.3 Å². The Morgan fingerprint density at radius 3 is 2.36 bits per heavy atom. The maximum absolute atomic E-state index is 10.2. The summed E-state index contributed by atoms with van der Waals surface area (Å²) in [4.78, 5) is 10.2. The van der Waals surface area contributed by atoms with Gasteiger partial charge in [0.15, 0.2) is 0 Å². The average molecular weight is 200 g/mol. The molecule has 0 fully saturated rings. The van der Waals surface area contributed by atoms with Crippen molar-refractivity contribution < 1.29 is 9.90 Å². The second-order valence-electron chi connectivity index (χ2n) is 4.24. The molecular weight excluding hydrogens is 176 g/mol. The molecule has 0 aromatic heterocycles. The number of rotatable bonds is 9. The van der Waals surface area contributed by atoms with Gasteiger partial charge in [0.05, 0.1) is 0 Å². The van der Waals surface area contributed by atoms with E-state index in [1.807, 2.05) is 0 Å². The van der Waals surface area contributed by atoms with E-state index in [0.29, 0.717) is 6.42 Å². The molecule has 0 aliphatic carbocycles. The summed E-state index contributed by atoms with van der Waals surface area (Å²) >= 11 is 0. The third-order valence-corrected chi connectivity index (χ3v) is 2.64. The highest BCUT2D eigenvalue weighted by atomic mass is 16.4. The van der Waals surface area contributed by atoms with Crippen LogP contribution < -0.4 is 0 Å². The van der Waals surface area contributed by atoms with Crippen LogP contribution in [0.25, 0.3) is 0 Å². The van der Waals surface area contributed by atoms with Crippen LogP contribution in [0, 0.1) is 5.92 Å². The molecule has 1 N–H and O–H groups in total. The number of aliphatic carboxylic acids is 1. The standard InChI is InChI=1S/C12H24O2/c1-3-4-8-11(2)9-6-5-7-10-12(13)14/h11H,3-10H2,1-2H3,(H,13,14). The van der Waals surface area contributed by atoms with Gasteiger partial charge in [-0.1, -0.05) is 52.4 Å². The minimum absolute atomic E-state index is 0.337. The van der Waals surface area contributed by atoms with Crippen LogP contribution in [0.1, 0.15) is 65.2 Å². The number of carbonyl (C=O) groups is 1. The first-order valence-electron chi connectivity index (χ1n) is 5.88. The molecule has 0 aromatic carbocycles. The highest BCUT2D eigenvalue weighted by Gasteiger charge is 2.01. The summed E-state index contributed by atoms with van der Waals surface area (Å²) in [6.07, 6.45) is 8.65. The molecular formula is C12H24O2. The minimum Gasteiger partial charge on any atom is -0.481 e. The van der Waals surface area contributed by atoms with E-state index >= 15 is 0 Å². The molecule has 1 unspecified atom stereocenters. The van der Waals surface area contributed by atoms with Crippen molar-refractivity contribution in [1.29, 1.82) is 0 Å². The molecule has 0 aliphatic rings. The molecule has 0 radical (unpaired) electrons. The largest absolute Gasteiger partial charge is 0.481 e. The molecule has 0 saturated heterocycles. The number of unbranched alkanes of at least 4 members (excludes halogenated alkanes) is 3. The third kappa shape index (κ3) is 9.56. The fourth-order valence-electron chi connectivity index (χ4n) is 1.64. The summed E-state index contributed by atoms with van der Waals surface area (Å²) in [5.41, 5.74) is 0. The molecule has 84 valence electrons. The van der Waals surface area contributed by atoms with E-state index in [9.17, 15) is 4.79 Å². The van der Waals surface area contributed by atoms with Crippen LogP contribution in [-0.4, -0.2) is 11.1 Å². The monoisotopic (exact) mass is 200 g/mol. The molecule has 0 saturated carbocycles. The lowest BCUT2D eigenvalue weighted by Crippen LogP contribution is -1.96. The first kappa shape index (κ1) is 13.5. The number of hydrogen-bond donors (Lipinski definition) is 1. The Hall–Kier alpha value is -0.530. The van der Waals surface area contributed by atoms with Gasteiger partial charge in [-0.2, -0.15) is 0 Å². The van der Waals surface area contributed by atoms with E-state index in [1.165, 1.54) is 32.1 Å². The van der Waals surface area contributed by atoms with Crippen molar-refractivity contribution in [3.05, 3.63) is 0 Å². The molecule has 0 aliphatic heterocycles. The molecule has 0 amide bonds. The van der Waals surface area contributed by atoms with Gasteiger partial charge in [0.1, 0.15) is 0 Å². The third-order valence-electron chi connectivity index (χ3n) is 2.64. The van der Waals surface area contributed by atoms with Gasteiger partial charge in [-0.25, -0.2) is 0 Å². The van der Waals surface area contributed by atoms with Gasteiger partial charge in [-0.05, 0) is 12.3 Å². The molecule has 0 heterocycles. The van der Waals surface area contributed by atoms with E-state index < -0.39 is 5.97 Å². The Labute approximate surface area is 87.7 Å². The second kappa shape index (κ2) is 9.04. The highest BCUT2D eigenvalue weighted by Crippen LogP contribution is 2.16. The van der Waals surface area contributed by atoms with Crippen LogP contribution in [0.4, 0.5) is 0 Å². The van der Waals surface area contributed by atoms with E-state index in [2.05, 4.69) is 13.8 Å².